The highest BCUT2D eigenvalue weighted by Crippen LogP contribution is 2.30. The van der Waals surface area contributed by atoms with Crippen LogP contribution in [-0.2, 0) is 30.3 Å². The lowest BCUT2D eigenvalue weighted by atomic mass is 9.94. The fourth-order valence-electron chi connectivity index (χ4n) is 6.94. The Morgan fingerprint density at radius 1 is 0.911 bits per heavy atom. The number of hydrogen-bond acceptors (Lipinski definition) is 10. The van der Waals surface area contributed by atoms with Crippen LogP contribution in [0.2, 0.25) is 0 Å². The van der Waals surface area contributed by atoms with E-state index >= 15 is 0 Å². The minimum absolute atomic E-state index is 0.0899. The van der Waals surface area contributed by atoms with Gasteiger partial charge in [-0.05, 0) is 68.8 Å². The number of likely N-dealkylation sites (N-methyl/N-ethyl adjacent to an activating group) is 1. The molecule has 0 radical (unpaired) electrons. The van der Waals surface area contributed by atoms with Crippen molar-refractivity contribution < 1.29 is 33.4 Å². The van der Waals surface area contributed by atoms with Crippen LogP contribution in [0.25, 0.3) is 0 Å². The molecule has 1 saturated heterocycles. The molecule has 0 spiro atoms. The Kier molecular flexibility index (Phi) is 17.0. The van der Waals surface area contributed by atoms with Crippen LogP contribution >= 0.6 is 11.3 Å². The molecule has 3 amide bonds. The Hall–Kier alpha value is -4.62. The van der Waals surface area contributed by atoms with Crippen molar-refractivity contribution in [1.82, 2.24) is 25.8 Å². The lowest BCUT2D eigenvalue weighted by molar-refractivity contribution is -0.145. The van der Waals surface area contributed by atoms with Crippen LogP contribution in [-0.4, -0.2) is 84.4 Å². The summed E-state index contributed by atoms with van der Waals surface area (Å²) in [4.78, 5) is 73.7. The number of esters is 2. The summed E-state index contributed by atoms with van der Waals surface area (Å²) in [6.45, 7) is 10.5. The summed E-state index contributed by atoms with van der Waals surface area (Å²) in [5.41, 5.74) is 1.50. The highest BCUT2D eigenvalue weighted by Gasteiger charge is 2.35. The quantitative estimate of drug-likeness (QED) is 0.122. The van der Waals surface area contributed by atoms with Gasteiger partial charge in [-0.3, -0.25) is 24.1 Å². The van der Waals surface area contributed by atoms with E-state index in [1.807, 2.05) is 70.0 Å². The predicted molar refractivity (Wildman–Crippen MR) is 217 cm³/mol. The molecule has 3 aromatic rings. The van der Waals surface area contributed by atoms with E-state index in [1.54, 1.807) is 42.6 Å². The lowest BCUT2D eigenvalue weighted by Crippen LogP contribution is -2.57. The van der Waals surface area contributed by atoms with E-state index in [2.05, 4.69) is 20.9 Å². The highest BCUT2D eigenvalue weighted by atomic mass is 32.1. The third kappa shape index (κ3) is 12.7. The summed E-state index contributed by atoms with van der Waals surface area (Å²) >= 11 is 1.19. The van der Waals surface area contributed by atoms with Gasteiger partial charge < -0.3 is 25.4 Å². The maximum absolute atomic E-state index is 14.0. The third-order valence-electron chi connectivity index (χ3n) is 10.7. The molecule has 1 aliphatic rings. The molecule has 304 valence electrons. The molecule has 7 atom stereocenters. The predicted octanol–water partition coefficient (Wildman–Crippen LogP) is 6.13. The number of ether oxygens (including phenoxy) is 2. The molecule has 0 bridgehead atoms. The van der Waals surface area contributed by atoms with Crippen molar-refractivity contribution in [3.05, 3.63) is 87.9 Å². The Morgan fingerprint density at radius 2 is 1.59 bits per heavy atom. The van der Waals surface area contributed by atoms with E-state index in [0.717, 1.165) is 31.4 Å². The van der Waals surface area contributed by atoms with Gasteiger partial charge in [-0.25, -0.2) is 9.78 Å². The average Bonchev–Trinajstić information content (AvgIpc) is 3.70. The van der Waals surface area contributed by atoms with Gasteiger partial charge in [0, 0.05) is 23.9 Å². The number of likely N-dealkylation sites (tertiary alicyclic amines) is 1. The average molecular weight is 790 g/mol. The molecule has 1 aliphatic heterocycles. The highest BCUT2D eigenvalue weighted by molar-refractivity contribution is 7.09. The zero-order valence-electron chi connectivity index (χ0n) is 33.8. The van der Waals surface area contributed by atoms with Crippen molar-refractivity contribution in [2.45, 2.75) is 110 Å². The minimum atomic E-state index is -0.908. The van der Waals surface area contributed by atoms with Crippen molar-refractivity contribution in [1.29, 1.82) is 0 Å². The first-order chi connectivity index (χ1) is 26.8. The zero-order chi connectivity index (χ0) is 40.8. The maximum atomic E-state index is 14.0. The van der Waals surface area contributed by atoms with E-state index in [-0.39, 0.29) is 47.8 Å². The summed E-state index contributed by atoms with van der Waals surface area (Å²) < 4.78 is 11.1. The summed E-state index contributed by atoms with van der Waals surface area (Å²) in [6, 6.07) is 16.4. The van der Waals surface area contributed by atoms with Crippen LogP contribution < -0.4 is 16.0 Å². The fourth-order valence-corrected chi connectivity index (χ4v) is 7.78. The molecular weight excluding hydrogens is 731 g/mol. The number of carbonyl (C=O) groups is 5. The van der Waals surface area contributed by atoms with Gasteiger partial charge in [0.2, 0.25) is 11.8 Å². The number of piperidine rings is 1. The second-order valence-corrected chi connectivity index (χ2v) is 16.2. The van der Waals surface area contributed by atoms with Crippen molar-refractivity contribution >= 4 is 41.0 Å². The number of thiazole rings is 1. The second-order valence-electron chi connectivity index (χ2n) is 15.3. The lowest BCUT2D eigenvalue weighted by Gasteiger charge is -2.34. The maximum Gasteiger partial charge on any atom is 0.338 e. The van der Waals surface area contributed by atoms with Crippen LogP contribution in [0.15, 0.2) is 66.0 Å². The molecule has 1 fully saturated rings. The number of amides is 3. The van der Waals surface area contributed by atoms with Crippen molar-refractivity contribution in [3.8, 4) is 0 Å². The van der Waals surface area contributed by atoms with E-state index in [0.29, 0.717) is 29.8 Å². The molecule has 1 aromatic heterocycles. The SMILES string of the molecule is CC[C@H](C)[C@H](NC(=O)[C@H]1CCCCN1C)C(=O)N[C@H](C[C@@H](OC(=O)c1ccccc1)c1nc(C(=O)N[C@@H](Cc2ccccc2)C[C@H](C)C(=O)OC)cs1)C(C)C. The summed E-state index contributed by atoms with van der Waals surface area (Å²) in [7, 11) is 3.28. The third-order valence-corrected chi connectivity index (χ3v) is 11.6. The van der Waals surface area contributed by atoms with Gasteiger partial charge in [0.05, 0.1) is 24.6 Å². The Morgan fingerprint density at radius 3 is 2.21 bits per heavy atom. The van der Waals surface area contributed by atoms with Gasteiger partial charge in [0.15, 0.2) is 6.10 Å². The first-order valence-electron chi connectivity index (χ1n) is 19.8. The monoisotopic (exact) mass is 789 g/mol. The zero-order valence-corrected chi connectivity index (χ0v) is 34.6. The number of carbonyl (C=O) groups excluding carboxylic acids is 5. The smallest absolute Gasteiger partial charge is 0.338 e. The largest absolute Gasteiger partial charge is 0.469 e. The van der Waals surface area contributed by atoms with E-state index < -0.39 is 42.0 Å². The van der Waals surface area contributed by atoms with Crippen molar-refractivity contribution in [3.63, 3.8) is 0 Å². The number of methoxy groups -OCH3 is 1. The van der Waals surface area contributed by atoms with Gasteiger partial charge in [-0.2, -0.15) is 0 Å². The molecular formula is C43H59N5O7S. The minimum Gasteiger partial charge on any atom is -0.469 e. The van der Waals surface area contributed by atoms with Crippen LogP contribution in [0, 0.1) is 17.8 Å². The number of nitrogens with one attached hydrogen (secondary N) is 3. The molecule has 4 rings (SSSR count). The van der Waals surface area contributed by atoms with Crippen LogP contribution in [0.3, 0.4) is 0 Å². The first-order valence-corrected chi connectivity index (χ1v) is 20.6. The molecule has 0 aliphatic carbocycles. The van der Waals surface area contributed by atoms with Gasteiger partial charge in [-0.1, -0.05) is 96.0 Å². The number of hydrogen-bond donors (Lipinski definition) is 3. The van der Waals surface area contributed by atoms with Crippen molar-refractivity contribution in [2.75, 3.05) is 20.7 Å². The fraction of sp³-hybridized carbons (Fsp3) is 0.535. The number of nitrogens with zero attached hydrogens (tertiary/aromatic N) is 2. The van der Waals surface area contributed by atoms with E-state index in [4.69, 9.17) is 9.47 Å². The van der Waals surface area contributed by atoms with Crippen LogP contribution in [0.5, 0.6) is 0 Å². The standard InChI is InChI=1S/C43H59N5O7S/c1-8-28(4)37(47-39(50)35-21-15-16-22-48(35)6)40(51)45-33(27(2)3)25-36(55-43(53)31-19-13-10-14-20-31)41-46-34(26-56-41)38(49)44-32(23-29(5)42(52)54-7)24-30-17-11-9-12-18-30/h9-14,17-20,26-29,32-33,35-37H,8,15-16,21-25H2,1-7H3,(H,44,49)(H,45,51)(H,47,50)/t28-,29-,32+,33+,35+,36+,37-/m0/s1. The topological polar surface area (TPSA) is 156 Å². The number of benzene rings is 2. The van der Waals surface area contributed by atoms with Gasteiger partial charge in [0.25, 0.3) is 5.91 Å². The number of rotatable bonds is 19. The molecule has 2 aromatic carbocycles. The molecule has 2 heterocycles. The molecule has 56 heavy (non-hydrogen) atoms. The Bertz CT molecular complexity index is 1740. The first kappa shape index (κ1) is 44.1. The van der Waals surface area contributed by atoms with Crippen molar-refractivity contribution in [2.24, 2.45) is 17.8 Å². The molecule has 3 N–H and O–H groups in total. The van der Waals surface area contributed by atoms with Crippen LogP contribution in [0.1, 0.15) is 111 Å². The summed E-state index contributed by atoms with van der Waals surface area (Å²) in [6.07, 6.45) is 3.54. The molecule has 12 nitrogen and oxygen atoms in total. The Labute approximate surface area is 335 Å². The normalized spacial score (nSPS) is 17.8. The number of aromatic nitrogens is 1. The van der Waals surface area contributed by atoms with E-state index in [9.17, 15) is 24.0 Å². The Balaban J connectivity index is 1.57. The summed E-state index contributed by atoms with van der Waals surface area (Å²) in [5.74, 6) is -2.48. The molecule has 13 heteroatoms. The van der Waals surface area contributed by atoms with Gasteiger partial charge in [0.1, 0.15) is 16.7 Å². The molecule has 0 unspecified atom stereocenters. The van der Waals surface area contributed by atoms with E-state index in [1.165, 1.54) is 18.4 Å². The summed E-state index contributed by atoms with van der Waals surface area (Å²) in [5, 5.41) is 11.3. The van der Waals surface area contributed by atoms with Gasteiger partial charge in [-0.15, -0.1) is 11.3 Å². The van der Waals surface area contributed by atoms with Crippen LogP contribution in [0.4, 0.5) is 0 Å². The second kappa shape index (κ2) is 21.6. The van der Waals surface area contributed by atoms with Gasteiger partial charge >= 0.3 is 11.9 Å². The molecule has 0 saturated carbocycles.